The van der Waals surface area contributed by atoms with Gasteiger partial charge in [-0.25, -0.2) is 24.0 Å². The van der Waals surface area contributed by atoms with Crippen molar-refractivity contribution < 1.29 is 76.3 Å². The van der Waals surface area contributed by atoms with Gasteiger partial charge in [-0.1, -0.05) is 232 Å². The summed E-state index contributed by atoms with van der Waals surface area (Å²) in [6.45, 7) is 15.1. The quantitative estimate of drug-likeness (QED) is 0.0292. The van der Waals surface area contributed by atoms with Gasteiger partial charge in [-0.05, 0) is 87.8 Å². The van der Waals surface area contributed by atoms with Crippen LogP contribution in [0.25, 0.3) is 0 Å². The zero-order valence-corrected chi connectivity index (χ0v) is 57.1. The first-order valence-electron chi connectivity index (χ1n) is 34.1. The molecule has 0 aliphatic rings. The maximum absolute atomic E-state index is 11.9. The van der Waals surface area contributed by atoms with Crippen LogP contribution in [-0.2, 0) is 52.3 Å². The normalized spacial score (nSPS) is 10.1. The van der Waals surface area contributed by atoms with E-state index >= 15 is 0 Å². The molecule has 0 N–H and O–H groups in total. The van der Waals surface area contributed by atoms with Crippen molar-refractivity contribution in [2.75, 3.05) is 54.4 Å². The molecule has 3 aromatic rings. The molecule has 510 valence electrons. The standard InChI is InChI=1S/C22H44O2.C18H34O4.C16H22O4.C10H10O4.C8H8O2/c1-3-5-7-8-9-10-11-12-13-14-15-16-17-18-19-20-22(23)24-21-6-4-2;1-3-5-15-21-17(19)13-11-9-7-8-10-12-14-18(20)22-16-6-4-2;1-3-5-11-19-15(17)13-9-7-8-10-14(13)16(18)20-12-6-4-2;1-13-9(11)7-5-3-4-6-8(7)10(12)14-2;1-10-8(9)7-5-3-2-4-6-7/h3-21H2,1-2H3;3-16H2,1-2H3;7-10H,3-6,11-12H2,1-2H3;3-6H,1-2H3;2-6H,1H3. The Bertz CT molecular complexity index is 2160. The molecule has 0 spiro atoms. The third-order valence-corrected chi connectivity index (χ3v) is 14.0. The fraction of sp³-hybridized carbons (Fsp3) is 0.649. The molecule has 0 heterocycles. The molecule has 0 amide bonds. The third kappa shape index (κ3) is 50.2. The summed E-state index contributed by atoms with van der Waals surface area (Å²) in [5.41, 5.74) is 1.55. The van der Waals surface area contributed by atoms with Gasteiger partial charge in [0.05, 0.1) is 82.2 Å². The van der Waals surface area contributed by atoms with Crippen LogP contribution in [0.4, 0.5) is 0 Å². The fourth-order valence-corrected chi connectivity index (χ4v) is 8.46. The number of carbonyl (C=O) groups is 8. The molecule has 0 radical (unpaired) electrons. The Hall–Kier alpha value is -6.58. The van der Waals surface area contributed by atoms with Gasteiger partial charge in [0.25, 0.3) is 0 Å². The first-order valence-corrected chi connectivity index (χ1v) is 34.1. The minimum absolute atomic E-state index is 0.00172. The summed E-state index contributed by atoms with van der Waals surface area (Å²) in [6.07, 6.45) is 37.9. The first kappa shape index (κ1) is 85.5. The van der Waals surface area contributed by atoms with E-state index in [1.807, 2.05) is 19.9 Å². The van der Waals surface area contributed by atoms with Gasteiger partial charge >= 0.3 is 47.8 Å². The molecule has 0 saturated heterocycles. The highest BCUT2D eigenvalue weighted by Crippen LogP contribution is 2.17. The number of hydrogen-bond donors (Lipinski definition) is 0. The van der Waals surface area contributed by atoms with Crippen LogP contribution in [0.5, 0.6) is 0 Å². The summed E-state index contributed by atoms with van der Waals surface area (Å²) in [5.74, 6) is -2.47. The Balaban J connectivity index is 0. The van der Waals surface area contributed by atoms with Gasteiger partial charge < -0.3 is 37.9 Å². The second-order valence-electron chi connectivity index (χ2n) is 22.0. The Morgan fingerprint density at radius 3 is 0.722 bits per heavy atom. The fourth-order valence-electron chi connectivity index (χ4n) is 8.46. The summed E-state index contributed by atoms with van der Waals surface area (Å²) in [6, 6.07) is 21.8. The molecule has 0 bridgehead atoms. The number of esters is 8. The zero-order valence-electron chi connectivity index (χ0n) is 57.1. The van der Waals surface area contributed by atoms with Crippen molar-refractivity contribution in [2.24, 2.45) is 0 Å². The number of hydrogen-bond acceptors (Lipinski definition) is 16. The second kappa shape index (κ2) is 64.0. The molecular weight excluding hydrogens is 1140 g/mol. The Labute approximate surface area is 542 Å². The van der Waals surface area contributed by atoms with E-state index in [-0.39, 0.29) is 46.1 Å². The summed E-state index contributed by atoms with van der Waals surface area (Å²) in [7, 11) is 3.89. The molecule has 0 aliphatic heterocycles. The van der Waals surface area contributed by atoms with Gasteiger partial charge in [0, 0.05) is 19.3 Å². The zero-order chi connectivity index (χ0) is 66.9. The van der Waals surface area contributed by atoms with Gasteiger partial charge in [-0.2, -0.15) is 0 Å². The third-order valence-electron chi connectivity index (χ3n) is 14.0. The van der Waals surface area contributed by atoms with Gasteiger partial charge in [0.2, 0.25) is 0 Å². The van der Waals surface area contributed by atoms with Gasteiger partial charge in [0.15, 0.2) is 0 Å². The number of unbranched alkanes of at least 4 members (excludes halogenated alkanes) is 24. The van der Waals surface area contributed by atoms with E-state index in [4.69, 9.17) is 23.7 Å². The molecule has 0 atom stereocenters. The van der Waals surface area contributed by atoms with Crippen LogP contribution in [0, 0.1) is 0 Å². The van der Waals surface area contributed by atoms with Crippen molar-refractivity contribution in [3.63, 3.8) is 0 Å². The predicted molar refractivity (Wildman–Crippen MR) is 358 cm³/mol. The lowest BCUT2D eigenvalue weighted by Crippen LogP contribution is -2.14. The number of methoxy groups -OCH3 is 3. The largest absolute Gasteiger partial charge is 0.466 e. The number of benzene rings is 3. The van der Waals surface area contributed by atoms with E-state index in [0.717, 1.165) is 109 Å². The van der Waals surface area contributed by atoms with Crippen molar-refractivity contribution in [1.29, 1.82) is 0 Å². The minimum atomic E-state index is -0.550. The van der Waals surface area contributed by atoms with E-state index in [1.54, 1.807) is 60.7 Å². The van der Waals surface area contributed by atoms with Crippen LogP contribution in [0.1, 0.15) is 312 Å². The molecule has 0 aromatic heterocycles. The van der Waals surface area contributed by atoms with E-state index in [1.165, 1.54) is 123 Å². The lowest BCUT2D eigenvalue weighted by atomic mass is 10.0. The molecule has 0 saturated carbocycles. The van der Waals surface area contributed by atoms with Crippen molar-refractivity contribution >= 4 is 47.8 Å². The number of rotatable bonds is 45. The molecule has 90 heavy (non-hydrogen) atoms. The van der Waals surface area contributed by atoms with Gasteiger partial charge in [0.1, 0.15) is 0 Å². The summed E-state index contributed by atoms with van der Waals surface area (Å²) < 4.78 is 39.2. The molecule has 3 aromatic carbocycles. The molecule has 0 fully saturated rings. The van der Waals surface area contributed by atoms with Crippen molar-refractivity contribution in [1.82, 2.24) is 0 Å². The lowest BCUT2D eigenvalue weighted by Gasteiger charge is -2.09. The van der Waals surface area contributed by atoms with E-state index in [2.05, 4.69) is 41.9 Å². The predicted octanol–water partition coefficient (Wildman–Crippen LogP) is 18.7. The summed E-state index contributed by atoms with van der Waals surface area (Å²) in [5, 5.41) is 0. The van der Waals surface area contributed by atoms with Gasteiger partial charge in [-0.15, -0.1) is 0 Å². The Morgan fingerprint density at radius 1 is 0.244 bits per heavy atom. The van der Waals surface area contributed by atoms with Crippen LogP contribution < -0.4 is 0 Å². The van der Waals surface area contributed by atoms with Crippen LogP contribution in [0.3, 0.4) is 0 Å². The number of carbonyl (C=O) groups excluding carboxylic acids is 8. The summed E-state index contributed by atoms with van der Waals surface area (Å²) >= 11 is 0. The molecule has 0 aliphatic carbocycles. The maximum atomic E-state index is 11.9. The maximum Gasteiger partial charge on any atom is 0.339 e. The van der Waals surface area contributed by atoms with Crippen LogP contribution in [-0.4, -0.2) is 102 Å². The molecular formula is C74H118O16. The number of ether oxygens (including phenoxy) is 8. The smallest absolute Gasteiger partial charge is 0.339 e. The van der Waals surface area contributed by atoms with E-state index in [9.17, 15) is 38.4 Å². The molecule has 16 heteroatoms. The average Bonchev–Trinajstić information content (AvgIpc) is 1.83. The van der Waals surface area contributed by atoms with Gasteiger partial charge in [-0.3, -0.25) is 14.4 Å². The highest BCUT2D eigenvalue weighted by atomic mass is 16.6. The van der Waals surface area contributed by atoms with Crippen LogP contribution in [0.2, 0.25) is 0 Å². The van der Waals surface area contributed by atoms with Crippen LogP contribution in [0.15, 0.2) is 78.9 Å². The van der Waals surface area contributed by atoms with E-state index in [0.29, 0.717) is 57.9 Å². The monoisotopic (exact) mass is 1260 g/mol. The average molecular weight is 1260 g/mol. The van der Waals surface area contributed by atoms with Crippen molar-refractivity contribution in [3.05, 3.63) is 107 Å². The second-order valence-corrected chi connectivity index (χ2v) is 22.0. The highest BCUT2D eigenvalue weighted by molar-refractivity contribution is 6.03. The lowest BCUT2D eigenvalue weighted by molar-refractivity contribution is -0.144. The summed E-state index contributed by atoms with van der Waals surface area (Å²) in [4.78, 5) is 91.3. The van der Waals surface area contributed by atoms with Crippen molar-refractivity contribution in [3.8, 4) is 0 Å². The van der Waals surface area contributed by atoms with E-state index < -0.39 is 23.9 Å². The first-order chi connectivity index (χ1) is 43.8. The van der Waals surface area contributed by atoms with Crippen LogP contribution >= 0.6 is 0 Å². The van der Waals surface area contributed by atoms with Crippen molar-refractivity contribution in [2.45, 2.75) is 260 Å². The minimum Gasteiger partial charge on any atom is -0.466 e. The topological polar surface area (TPSA) is 210 Å². The molecule has 0 unspecified atom stereocenters. The SMILES string of the molecule is CCCCCCCCCCCCCCCCCC(=O)OCCCC.CCCCOC(=O)CCCCCCCCC(=O)OCCCC.CCCCOC(=O)c1ccccc1C(=O)OCCCC.COC(=O)c1ccccc1.COC(=O)c1ccccc1C(=O)OC. The molecule has 3 rings (SSSR count). The molecule has 16 nitrogen and oxygen atoms in total. The Morgan fingerprint density at radius 2 is 0.467 bits per heavy atom. The Kier molecular flexibility index (Phi) is 60.8. The highest BCUT2D eigenvalue weighted by Gasteiger charge is 2.19.